The Balaban J connectivity index is 1.51. The van der Waals surface area contributed by atoms with E-state index in [-0.39, 0.29) is 17.9 Å². The van der Waals surface area contributed by atoms with E-state index in [1.54, 1.807) is 12.4 Å². The summed E-state index contributed by atoms with van der Waals surface area (Å²) >= 11 is 0. The van der Waals surface area contributed by atoms with Crippen molar-refractivity contribution in [3.05, 3.63) is 52.6 Å². The molecule has 2 aliphatic heterocycles. The molecule has 0 aliphatic carbocycles. The Hall–Kier alpha value is -2.63. The van der Waals surface area contributed by atoms with Crippen LogP contribution in [0.1, 0.15) is 56.9 Å². The third kappa shape index (κ3) is 3.45. The van der Waals surface area contributed by atoms with Gasteiger partial charge >= 0.3 is 0 Å². The molecule has 4 heterocycles. The van der Waals surface area contributed by atoms with Gasteiger partial charge in [-0.05, 0) is 63.6 Å². The van der Waals surface area contributed by atoms with Gasteiger partial charge in [0.1, 0.15) is 0 Å². The normalized spacial score (nSPS) is 21.8. The summed E-state index contributed by atoms with van der Waals surface area (Å²) in [5.41, 5.74) is 4.59. The van der Waals surface area contributed by atoms with Crippen LogP contribution in [-0.2, 0) is 7.05 Å². The first-order valence-electron chi connectivity index (χ1n) is 10.5. The molecule has 2 unspecified atom stereocenters. The lowest BCUT2D eigenvalue weighted by molar-refractivity contribution is 0.0197. The van der Waals surface area contributed by atoms with Crippen LogP contribution < -0.4 is 0 Å². The standard InChI is InChI=1S/C23H30N4O2/c1-15-13-24-9-7-19(15)23(29)27-10-5-6-18-14-26(11-8-21(18)27)22(28)20-12-16(2)25(4)17(20)3/h7,9,12-13,18,21H,5-6,8,10-11,14H2,1-4H3. The number of carbonyl (C=O) groups is 2. The maximum absolute atomic E-state index is 13.2. The Morgan fingerprint density at radius 1 is 1.07 bits per heavy atom. The molecule has 0 aromatic carbocycles. The minimum atomic E-state index is 0.105. The second-order valence-corrected chi connectivity index (χ2v) is 8.54. The summed E-state index contributed by atoms with van der Waals surface area (Å²) in [5.74, 6) is 0.574. The SMILES string of the molecule is Cc1cnccc1C(=O)N1CCCC2CN(C(=O)c3cc(C)n(C)c3C)CCC21. The highest BCUT2D eigenvalue weighted by molar-refractivity contribution is 5.96. The summed E-state index contributed by atoms with van der Waals surface area (Å²) < 4.78 is 2.07. The van der Waals surface area contributed by atoms with Crippen molar-refractivity contribution in [3.8, 4) is 0 Å². The van der Waals surface area contributed by atoms with Gasteiger partial charge in [0.15, 0.2) is 0 Å². The van der Waals surface area contributed by atoms with Crippen molar-refractivity contribution in [1.82, 2.24) is 19.4 Å². The minimum Gasteiger partial charge on any atom is -0.351 e. The van der Waals surface area contributed by atoms with Crippen LogP contribution >= 0.6 is 0 Å². The van der Waals surface area contributed by atoms with E-state index in [1.165, 1.54) is 0 Å². The molecular weight excluding hydrogens is 364 g/mol. The second kappa shape index (κ2) is 7.65. The lowest BCUT2D eigenvalue weighted by atomic mass is 9.83. The first-order chi connectivity index (χ1) is 13.9. The van der Waals surface area contributed by atoms with Gasteiger partial charge in [0.05, 0.1) is 5.56 Å². The van der Waals surface area contributed by atoms with Crippen molar-refractivity contribution in [2.24, 2.45) is 13.0 Å². The van der Waals surface area contributed by atoms with Crippen molar-refractivity contribution >= 4 is 11.8 Å². The molecule has 4 rings (SSSR count). The van der Waals surface area contributed by atoms with E-state index in [0.29, 0.717) is 12.5 Å². The molecule has 2 aromatic rings. The first kappa shape index (κ1) is 19.7. The number of fused-ring (bicyclic) bond motifs is 1. The van der Waals surface area contributed by atoms with Crippen molar-refractivity contribution in [3.63, 3.8) is 0 Å². The summed E-state index contributed by atoms with van der Waals surface area (Å²) in [6.07, 6.45) is 6.34. The number of piperidine rings is 2. The molecule has 2 atom stereocenters. The Morgan fingerprint density at radius 2 is 1.86 bits per heavy atom. The lowest BCUT2D eigenvalue weighted by Crippen LogP contribution is -2.56. The predicted molar refractivity (Wildman–Crippen MR) is 112 cm³/mol. The van der Waals surface area contributed by atoms with E-state index in [0.717, 1.165) is 60.4 Å². The van der Waals surface area contributed by atoms with Gasteiger partial charge < -0.3 is 14.4 Å². The summed E-state index contributed by atoms with van der Waals surface area (Å²) in [6, 6.07) is 4.03. The van der Waals surface area contributed by atoms with Crippen LogP contribution in [-0.4, -0.2) is 56.8 Å². The molecule has 0 saturated carbocycles. The van der Waals surface area contributed by atoms with Crippen LogP contribution in [0.5, 0.6) is 0 Å². The van der Waals surface area contributed by atoms with Gasteiger partial charge in [-0.25, -0.2) is 0 Å². The van der Waals surface area contributed by atoms with Gasteiger partial charge in [-0.3, -0.25) is 14.6 Å². The molecule has 2 aromatic heterocycles. The Kier molecular flexibility index (Phi) is 5.19. The molecule has 0 radical (unpaired) electrons. The van der Waals surface area contributed by atoms with E-state index >= 15 is 0 Å². The van der Waals surface area contributed by atoms with Gasteiger partial charge in [-0.2, -0.15) is 0 Å². The predicted octanol–water partition coefficient (Wildman–Crippen LogP) is 3.11. The average Bonchev–Trinajstić information content (AvgIpc) is 2.99. The van der Waals surface area contributed by atoms with Gasteiger partial charge in [-0.1, -0.05) is 0 Å². The largest absolute Gasteiger partial charge is 0.351 e. The summed E-state index contributed by atoms with van der Waals surface area (Å²) in [6.45, 7) is 8.20. The van der Waals surface area contributed by atoms with Crippen molar-refractivity contribution in [2.75, 3.05) is 19.6 Å². The molecule has 2 saturated heterocycles. The van der Waals surface area contributed by atoms with Gasteiger partial charge in [0.2, 0.25) is 0 Å². The Labute approximate surface area is 172 Å². The summed E-state index contributed by atoms with van der Waals surface area (Å²) in [4.78, 5) is 34.5. The van der Waals surface area contributed by atoms with Crippen LogP contribution in [0.3, 0.4) is 0 Å². The van der Waals surface area contributed by atoms with E-state index in [4.69, 9.17) is 0 Å². The second-order valence-electron chi connectivity index (χ2n) is 8.54. The molecule has 6 heteroatoms. The third-order valence-electron chi connectivity index (χ3n) is 6.87. The fraction of sp³-hybridized carbons (Fsp3) is 0.522. The number of aryl methyl sites for hydroxylation is 2. The number of likely N-dealkylation sites (tertiary alicyclic amines) is 2. The smallest absolute Gasteiger partial charge is 0.255 e. The number of hydrogen-bond donors (Lipinski definition) is 0. The van der Waals surface area contributed by atoms with E-state index < -0.39 is 0 Å². The first-order valence-corrected chi connectivity index (χ1v) is 10.5. The highest BCUT2D eigenvalue weighted by Crippen LogP contribution is 2.33. The number of pyridine rings is 1. The molecule has 0 bridgehead atoms. The number of rotatable bonds is 2. The topological polar surface area (TPSA) is 58.4 Å². The van der Waals surface area contributed by atoms with E-state index in [9.17, 15) is 9.59 Å². The van der Waals surface area contributed by atoms with Gasteiger partial charge in [0, 0.05) is 62.1 Å². The van der Waals surface area contributed by atoms with Crippen LogP contribution in [0.2, 0.25) is 0 Å². The van der Waals surface area contributed by atoms with Crippen molar-refractivity contribution < 1.29 is 9.59 Å². The zero-order chi connectivity index (χ0) is 20.7. The zero-order valence-electron chi connectivity index (χ0n) is 17.8. The minimum absolute atomic E-state index is 0.105. The Bertz CT molecular complexity index is 948. The maximum Gasteiger partial charge on any atom is 0.255 e. The van der Waals surface area contributed by atoms with Crippen LogP contribution in [0, 0.1) is 26.7 Å². The summed E-state index contributed by atoms with van der Waals surface area (Å²) in [5, 5.41) is 0. The quantitative estimate of drug-likeness (QED) is 0.786. The number of aromatic nitrogens is 2. The molecule has 2 fully saturated rings. The number of carbonyl (C=O) groups excluding carboxylic acids is 2. The van der Waals surface area contributed by atoms with Crippen molar-refractivity contribution in [1.29, 1.82) is 0 Å². The van der Waals surface area contributed by atoms with E-state index in [1.807, 2.05) is 44.9 Å². The molecule has 29 heavy (non-hydrogen) atoms. The average molecular weight is 395 g/mol. The fourth-order valence-electron chi connectivity index (χ4n) is 4.95. The van der Waals surface area contributed by atoms with Crippen LogP contribution in [0.4, 0.5) is 0 Å². The highest BCUT2D eigenvalue weighted by atomic mass is 16.2. The Morgan fingerprint density at radius 3 is 2.55 bits per heavy atom. The fourth-order valence-corrected chi connectivity index (χ4v) is 4.95. The van der Waals surface area contributed by atoms with Crippen molar-refractivity contribution in [2.45, 2.75) is 46.1 Å². The number of hydrogen-bond acceptors (Lipinski definition) is 3. The van der Waals surface area contributed by atoms with Crippen LogP contribution in [0.15, 0.2) is 24.5 Å². The van der Waals surface area contributed by atoms with Crippen LogP contribution in [0.25, 0.3) is 0 Å². The molecule has 2 amide bonds. The highest BCUT2D eigenvalue weighted by Gasteiger charge is 2.40. The molecule has 0 N–H and O–H groups in total. The number of nitrogens with zero attached hydrogens (tertiary/aromatic N) is 4. The van der Waals surface area contributed by atoms with Gasteiger partial charge in [-0.15, -0.1) is 0 Å². The molecular formula is C23H30N4O2. The summed E-state index contributed by atoms with van der Waals surface area (Å²) in [7, 11) is 2.00. The molecule has 0 spiro atoms. The molecule has 6 nitrogen and oxygen atoms in total. The monoisotopic (exact) mass is 394 g/mol. The molecule has 2 aliphatic rings. The maximum atomic E-state index is 13.2. The lowest BCUT2D eigenvalue weighted by Gasteiger charge is -2.47. The third-order valence-corrected chi connectivity index (χ3v) is 6.87. The van der Waals surface area contributed by atoms with E-state index in [2.05, 4.69) is 14.5 Å². The van der Waals surface area contributed by atoms with Gasteiger partial charge in [0.25, 0.3) is 11.8 Å². The molecule has 154 valence electrons. The number of amides is 2. The zero-order valence-corrected chi connectivity index (χ0v) is 17.8.